The van der Waals surface area contributed by atoms with Crippen LogP contribution in [0.1, 0.15) is 61.4 Å². The Bertz CT molecular complexity index is 1330. The molecule has 11 nitrogen and oxygen atoms in total. The van der Waals surface area contributed by atoms with Gasteiger partial charge in [0.2, 0.25) is 11.8 Å². The zero-order valence-electron chi connectivity index (χ0n) is 26.3. The Labute approximate surface area is 274 Å². The standard InChI is InChI=1S/C34H43ClN4O7/c1-2-45-33(43)29(37-32(42)26-11-13-28(35)14-12-26)21-36-31(41)27-9-6-18-39(22-27)30(40)15-10-24-16-19-38(20-17-24)34(44)46-23-25-7-4-3-5-8-25/h3-5,7-8,11-14,24,27,29H,2,6,9-10,15-23H2,1H3,(H,36,41)(H,37,42)/t27-,29+/m1/s1. The third-order valence-corrected chi connectivity index (χ3v) is 8.70. The summed E-state index contributed by atoms with van der Waals surface area (Å²) < 4.78 is 10.6. The minimum atomic E-state index is -1.08. The van der Waals surface area contributed by atoms with Gasteiger partial charge in [-0.25, -0.2) is 9.59 Å². The number of esters is 1. The Hall–Kier alpha value is -4.12. The molecule has 46 heavy (non-hydrogen) atoms. The molecule has 0 aliphatic carbocycles. The van der Waals surface area contributed by atoms with Crippen LogP contribution < -0.4 is 10.6 Å². The highest BCUT2D eigenvalue weighted by molar-refractivity contribution is 6.30. The number of nitrogens with one attached hydrogen (secondary N) is 2. The summed E-state index contributed by atoms with van der Waals surface area (Å²) in [6.45, 7) is 4.00. The minimum Gasteiger partial charge on any atom is -0.464 e. The maximum absolute atomic E-state index is 13.1. The summed E-state index contributed by atoms with van der Waals surface area (Å²) in [5.74, 6) is -1.49. The number of nitrogens with zero attached hydrogens (tertiary/aromatic N) is 2. The zero-order chi connectivity index (χ0) is 32.9. The third kappa shape index (κ3) is 10.5. The van der Waals surface area contributed by atoms with E-state index >= 15 is 0 Å². The number of amides is 4. The molecule has 0 radical (unpaired) electrons. The van der Waals surface area contributed by atoms with Gasteiger partial charge < -0.3 is 29.9 Å². The van der Waals surface area contributed by atoms with E-state index in [1.54, 1.807) is 41.0 Å². The van der Waals surface area contributed by atoms with Crippen LogP contribution in [0, 0.1) is 11.8 Å². The summed E-state index contributed by atoms with van der Waals surface area (Å²) in [5.41, 5.74) is 1.26. The number of hydrogen-bond donors (Lipinski definition) is 2. The van der Waals surface area contributed by atoms with E-state index in [1.165, 1.54) is 0 Å². The molecule has 0 aromatic heterocycles. The first-order chi connectivity index (χ1) is 22.2. The Kier molecular flexibility index (Phi) is 13.3. The summed E-state index contributed by atoms with van der Waals surface area (Å²) in [5, 5.41) is 5.88. The highest BCUT2D eigenvalue weighted by Gasteiger charge is 2.31. The van der Waals surface area contributed by atoms with Crippen molar-refractivity contribution in [2.24, 2.45) is 11.8 Å². The molecule has 12 heteroatoms. The maximum Gasteiger partial charge on any atom is 0.410 e. The molecule has 2 N–H and O–H groups in total. The molecule has 2 aliphatic rings. The average Bonchev–Trinajstić information content (AvgIpc) is 3.08. The lowest BCUT2D eigenvalue weighted by atomic mass is 9.91. The Morgan fingerprint density at radius 1 is 0.913 bits per heavy atom. The first kappa shape index (κ1) is 34.7. The third-order valence-electron chi connectivity index (χ3n) is 8.45. The predicted octanol–water partition coefficient (Wildman–Crippen LogP) is 4.19. The molecule has 2 aromatic carbocycles. The van der Waals surface area contributed by atoms with Gasteiger partial charge in [-0.15, -0.1) is 0 Å². The summed E-state index contributed by atoms with van der Waals surface area (Å²) in [6.07, 6.45) is 3.75. The largest absolute Gasteiger partial charge is 0.464 e. The van der Waals surface area contributed by atoms with E-state index in [4.69, 9.17) is 21.1 Å². The molecule has 0 bridgehead atoms. The van der Waals surface area contributed by atoms with E-state index in [9.17, 15) is 24.0 Å². The van der Waals surface area contributed by atoms with Crippen molar-refractivity contribution in [1.29, 1.82) is 0 Å². The fraction of sp³-hybridized carbons (Fsp3) is 0.500. The van der Waals surface area contributed by atoms with Crippen LogP contribution in [0.5, 0.6) is 0 Å². The maximum atomic E-state index is 13.1. The quantitative estimate of drug-likeness (QED) is 0.328. The molecule has 248 valence electrons. The Morgan fingerprint density at radius 2 is 1.63 bits per heavy atom. The van der Waals surface area contributed by atoms with E-state index in [2.05, 4.69) is 10.6 Å². The van der Waals surface area contributed by atoms with Gasteiger partial charge in [-0.1, -0.05) is 41.9 Å². The molecule has 2 aromatic rings. The summed E-state index contributed by atoms with van der Waals surface area (Å²) in [4.78, 5) is 67.4. The number of rotatable bonds is 12. The molecule has 0 saturated carbocycles. The van der Waals surface area contributed by atoms with E-state index in [0.29, 0.717) is 61.9 Å². The second-order valence-electron chi connectivity index (χ2n) is 11.7. The van der Waals surface area contributed by atoms with Crippen molar-refractivity contribution < 1.29 is 33.4 Å². The predicted molar refractivity (Wildman–Crippen MR) is 172 cm³/mol. The molecule has 0 unspecified atom stereocenters. The van der Waals surface area contributed by atoms with E-state index in [1.807, 2.05) is 30.3 Å². The Morgan fingerprint density at radius 3 is 2.33 bits per heavy atom. The van der Waals surface area contributed by atoms with Crippen molar-refractivity contribution >= 4 is 41.4 Å². The van der Waals surface area contributed by atoms with Gasteiger partial charge in [0.1, 0.15) is 12.6 Å². The number of benzene rings is 2. The zero-order valence-corrected chi connectivity index (χ0v) is 27.0. The van der Waals surface area contributed by atoms with Gasteiger partial charge in [-0.05, 0) is 74.8 Å². The fourth-order valence-electron chi connectivity index (χ4n) is 5.74. The molecule has 2 atom stereocenters. The average molecular weight is 655 g/mol. The van der Waals surface area contributed by atoms with Crippen molar-refractivity contribution in [2.75, 3.05) is 39.3 Å². The lowest BCUT2D eigenvalue weighted by Crippen LogP contribution is -2.51. The van der Waals surface area contributed by atoms with Gasteiger partial charge in [-0.3, -0.25) is 14.4 Å². The molecule has 2 heterocycles. The van der Waals surface area contributed by atoms with Crippen LogP contribution in [0.25, 0.3) is 0 Å². The van der Waals surface area contributed by atoms with Gasteiger partial charge >= 0.3 is 12.1 Å². The summed E-state index contributed by atoms with van der Waals surface area (Å²) >= 11 is 5.90. The number of carbonyl (C=O) groups excluding carboxylic acids is 5. The fourth-order valence-corrected chi connectivity index (χ4v) is 5.87. The lowest BCUT2D eigenvalue weighted by Gasteiger charge is -2.34. The molecule has 4 rings (SSSR count). The topological polar surface area (TPSA) is 134 Å². The van der Waals surface area contributed by atoms with Gasteiger partial charge in [0.15, 0.2) is 0 Å². The van der Waals surface area contributed by atoms with Crippen LogP contribution in [0.2, 0.25) is 5.02 Å². The van der Waals surface area contributed by atoms with Crippen molar-refractivity contribution in [3.63, 3.8) is 0 Å². The van der Waals surface area contributed by atoms with Crippen LogP contribution in [0.4, 0.5) is 4.79 Å². The summed E-state index contributed by atoms with van der Waals surface area (Å²) in [7, 11) is 0. The van der Waals surface area contributed by atoms with Crippen molar-refractivity contribution in [3.8, 4) is 0 Å². The summed E-state index contributed by atoms with van der Waals surface area (Å²) in [6, 6.07) is 14.7. The van der Waals surface area contributed by atoms with E-state index in [-0.39, 0.29) is 37.7 Å². The molecule has 0 spiro atoms. The number of hydrogen-bond acceptors (Lipinski definition) is 7. The van der Waals surface area contributed by atoms with Crippen molar-refractivity contribution in [3.05, 3.63) is 70.7 Å². The van der Waals surface area contributed by atoms with Crippen LogP contribution in [-0.4, -0.2) is 85.0 Å². The second-order valence-corrected chi connectivity index (χ2v) is 12.2. The highest BCUT2D eigenvalue weighted by atomic mass is 35.5. The normalized spacial score (nSPS) is 17.5. The van der Waals surface area contributed by atoms with Crippen LogP contribution in [0.3, 0.4) is 0 Å². The first-order valence-corrected chi connectivity index (χ1v) is 16.4. The van der Waals surface area contributed by atoms with Gasteiger partial charge in [0, 0.05) is 49.7 Å². The van der Waals surface area contributed by atoms with E-state index < -0.39 is 23.8 Å². The van der Waals surface area contributed by atoms with Crippen LogP contribution in [0.15, 0.2) is 54.6 Å². The molecular formula is C34H43ClN4O7. The number of likely N-dealkylation sites (tertiary alicyclic amines) is 2. The van der Waals surface area contributed by atoms with E-state index in [0.717, 1.165) is 24.8 Å². The van der Waals surface area contributed by atoms with Gasteiger partial charge in [0.05, 0.1) is 12.5 Å². The highest BCUT2D eigenvalue weighted by Crippen LogP contribution is 2.24. The van der Waals surface area contributed by atoms with Crippen LogP contribution >= 0.6 is 11.6 Å². The van der Waals surface area contributed by atoms with Gasteiger partial charge in [0.25, 0.3) is 5.91 Å². The van der Waals surface area contributed by atoms with Gasteiger partial charge in [-0.2, -0.15) is 0 Å². The molecule has 2 saturated heterocycles. The minimum absolute atomic E-state index is 0.0156. The molecule has 4 amide bonds. The number of ether oxygens (including phenoxy) is 2. The van der Waals surface area contributed by atoms with Crippen LogP contribution in [-0.2, 0) is 30.5 Å². The second kappa shape index (κ2) is 17.5. The molecule has 2 fully saturated rings. The number of piperidine rings is 2. The number of carbonyl (C=O) groups is 5. The Balaban J connectivity index is 1.18. The monoisotopic (exact) mass is 654 g/mol. The number of halogens is 1. The van der Waals surface area contributed by atoms with Crippen molar-refractivity contribution in [2.45, 2.75) is 58.1 Å². The molecular weight excluding hydrogens is 612 g/mol. The SMILES string of the molecule is CCOC(=O)[C@H](CNC(=O)[C@@H]1CCCN(C(=O)CCC2CCN(C(=O)OCc3ccccc3)CC2)C1)NC(=O)c1ccc(Cl)cc1. The smallest absolute Gasteiger partial charge is 0.410 e. The molecule has 2 aliphatic heterocycles. The first-order valence-electron chi connectivity index (χ1n) is 16.0. The van der Waals surface area contributed by atoms with Crippen molar-refractivity contribution in [1.82, 2.24) is 20.4 Å². The lowest BCUT2D eigenvalue weighted by molar-refractivity contribution is -0.145.